The van der Waals surface area contributed by atoms with Crippen LogP contribution in [0.4, 0.5) is 0 Å². The Balaban J connectivity index is 1.46. The summed E-state index contributed by atoms with van der Waals surface area (Å²) in [5, 5.41) is 0. The van der Waals surface area contributed by atoms with E-state index in [9.17, 15) is 0 Å². The maximum absolute atomic E-state index is 4.07. The molecule has 4 saturated carbocycles. The number of alkyl halides is 1. The van der Waals surface area contributed by atoms with Crippen molar-refractivity contribution in [2.75, 3.05) is 0 Å². The zero-order valence-corrected chi connectivity index (χ0v) is 15.0. The zero-order valence-electron chi connectivity index (χ0n) is 13.4. The monoisotopic (exact) mass is 366 g/mol. The Labute approximate surface area is 147 Å². The van der Waals surface area contributed by atoms with E-state index in [1.54, 1.807) is 5.56 Å². The summed E-state index contributed by atoms with van der Waals surface area (Å²) in [4.78, 5) is 0.758. The van der Waals surface area contributed by atoms with Crippen molar-refractivity contribution in [1.82, 2.24) is 0 Å². The first-order valence-corrected chi connectivity index (χ1v) is 10.0. The number of hydrogen-bond donors (Lipinski definition) is 0. The molecule has 2 aromatic carbocycles. The van der Waals surface area contributed by atoms with Gasteiger partial charge in [0.15, 0.2) is 0 Å². The maximum atomic E-state index is 4.07. The minimum atomic E-state index is 0.758. The second-order valence-corrected chi connectivity index (χ2v) is 9.01. The molecule has 0 radical (unpaired) electrons. The number of benzene rings is 2. The van der Waals surface area contributed by atoms with E-state index in [4.69, 9.17) is 0 Å². The highest BCUT2D eigenvalue weighted by Gasteiger charge is 2.52. The maximum Gasteiger partial charge on any atom is 0.0208 e. The summed E-state index contributed by atoms with van der Waals surface area (Å²) in [6.45, 7) is 0. The van der Waals surface area contributed by atoms with Crippen molar-refractivity contribution in [1.29, 1.82) is 0 Å². The van der Waals surface area contributed by atoms with Crippen LogP contribution >= 0.6 is 15.9 Å². The number of hydrogen-bond acceptors (Lipinski definition) is 0. The van der Waals surface area contributed by atoms with E-state index in [0.29, 0.717) is 0 Å². The third kappa shape index (κ3) is 2.31. The van der Waals surface area contributed by atoms with Crippen molar-refractivity contribution in [2.24, 2.45) is 23.7 Å². The molecule has 0 saturated heterocycles. The van der Waals surface area contributed by atoms with Crippen molar-refractivity contribution in [3.8, 4) is 11.1 Å². The van der Waals surface area contributed by atoms with Crippen LogP contribution in [-0.4, -0.2) is 4.83 Å². The van der Waals surface area contributed by atoms with Gasteiger partial charge in [-0.2, -0.15) is 0 Å². The Hall–Kier alpha value is -1.08. The van der Waals surface area contributed by atoms with Gasteiger partial charge in [0.25, 0.3) is 0 Å². The predicted octanol–water partition coefficient (Wildman–Crippen LogP) is 6.27. The Morgan fingerprint density at radius 1 is 0.696 bits per heavy atom. The van der Waals surface area contributed by atoms with Crippen LogP contribution in [0.5, 0.6) is 0 Å². The van der Waals surface area contributed by atoms with E-state index < -0.39 is 0 Å². The van der Waals surface area contributed by atoms with E-state index in [2.05, 4.69) is 70.5 Å². The minimum Gasteiger partial charge on any atom is -0.0884 e. The largest absolute Gasteiger partial charge is 0.0884 e. The van der Waals surface area contributed by atoms with E-state index in [0.717, 1.165) is 34.4 Å². The lowest BCUT2D eigenvalue weighted by Crippen LogP contribution is -2.50. The molecule has 23 heavy (non-hydrogen) atoms. The van der Waals surface area contributed by atoms with Crippen molar-refractivity contribution < 1.29 is 0 Å². The van der Waals surface area contributed by atoms with Crippen molar-refractivity contribution in [3.63, 3.8) is 0 Å². The van der Waals surface area contributed by atoms with Gasteiger partial charge in [-0.05, 0) is 72.0 Å². The molecule has 6 rings (SSSR count). The summed E-state index contributed by atoms with van der Waals surface area (Å²) < 4.78 is 0. The molecule has 0 amide bonds. The Morgan fingerprint density at radius 2 is 1.39 bits per heavy atom. The molecule has 0 heterocycles. The van der Waals surface area contributed by atoms with E-state index in [1.165, 1.54) is 36.8 Å². The summed E-state index contributed by atoms with van der Waals surface area (Å²) in [5.41, 5.74) is 4.25. The van der Waals surface area contributed by atoms with E-state index in [-0.39, 0.29) is 0 Å². The molecule has 6 unspecified atom stereocenters. The highest BCUT2D eigenvalue weighted by atomic mass is 79.9. The van der Waals surface area contributed by atoms with Gasteiger partial charge in [0.05, 0.1) is 0 Å². The molecule has 0 spiro atoms. The third-order valence-electron chi connectivity index (χ3n) is 6.71. The summed E-state index contributed by atoms with van der Waals surface area (Å²) in [6, 6.07) is 20.2. The van der Waals surface area contributed by atoms with Gasteiger partial charge in [0.1, 0.15) is 0 Å². The van der Waals surface area contributed by atoms with Gasteiger partial charge < -0.3 is 0 Å². The molecule has 0 N–H and O–H groups in total. The number of rotatable bonds is 2. The SMILES string of the molecule is BrC1C2CC3CC(C2)C(c2ccc(-c4ccccc4)cc2)C1C3. The molecule has 2 aromatic rings. The Morgan fingerprint density at radius 3 is 2.17 bits per heavy atom. The third-order valence-corrected chi connectivity index (χ3v) is 8.14. The predicted molar refractivity (Wildman–Crippen MR) is 99.8 cm³/mol. The van der Waals surface area contributed by atoms with Crippen LogP contribution in [0.3, 0.4) is 0 Å². The molecule has 4 aliphatic carbocycles. The minimum absolute atomic E-state index is 0.758. The lowest BCUT2D eigenvalue weighted by atomic mass is 9.50. The molecule has 4 bridgehead atoms. The smallest absolute Gasteiger partial charge is 0.0208 e. The topological polar surface area (TPSA) is 0 Å². The lowest BCUT2D eigenvalue weighted by molar-refractivity contribution is 0.00591. The highest BCUT2D eigenvalue weighted by molar-refractivity contribution is 9.09. The van der Waals surface area contributed by atoms with Crippen LogP contribution in [0.25, 0.3) is 11.1 Å². The molecular weight excluding hydrogens is 344 g/mol. The van der Waals surface area contributed by atoms with Crippen molar-refractivity contribution >= 4 is 15.9 Å². The second kappa shape index (κ2) is 5.48. The molecule has 4 fully saturated rings. The van der Waals surface area contributed by atoms with Crippen LogP contribution in [0.15, 0.2) is 54.6 Å². The first-order chi connectivity index (χ1) is 11.3. The normalized spacial score (nSPS) is 38.0. The number of halogens is 1. The summed E-state index contributed by atoms with van der Waals surface area (Å²) in [6.07, 6.45) is 5.88. The first kappa shape index (κ1) is 14.3. The highest BCUT2D eigenvalue weighted by Crippen LogP contribution is 2.61. The molecular formula is C22H23Br. The molecule has 6 atom stereocenters. The average molecular weight is 367 g/mol. The fourth-order valence-electron chi connectivity index (χ4n) is 5.89. The standard InChI is InChI=1S/C22H23Br/c23-22-19-11-14-10-18(13-19)21(20(22)12-14)17-8-6-16(7-9-17)15-4-2-1-3-5-15/h1-9,14,18-22H,10-13H2. The van der Waals surface area contributed by atoms with Gasteiger partial charge in [-0.15, -0.1) is 0 Å². The van der Waals surface area contributed by atoms with Crippen LogP contribution in [-0.2, 0) is 0 Å². The van der Waals surface area contributed by atoms with Crippen LogP contribution in [0.2, 0.25) is 0 Å². The first-order valence-electron chi connectivity index (χ1n) is 9.09. The molecule has 4 aliphatic rings. The Kier molecular flexibility index (Phi) is 3.40. The summed E-state index contributed by atoms with van der Waals surface area (Å²) in [7, 11) is 0. The van der Waals surface area contributed by atoms with E-state index in [1.807, 2.05) is 0 Å². The van der Waals surface area contributed by atoms with Gasteiger partial charge in [-0.3, -0.25) is 0 Å². The summed E-state index contributed by atoms with van der Waals surface area (Å²) >= 11 is 4.07. The quantitative estimate of drug-likeness (QED) is 0.549. The molecule has 0 nitrogen and oxygen atoms in total. The van der Waals surface area contributed by atoms with Crippen LogP contribution in [0, 0.1) is 23.7 Å². The molecule has 0 aromatic heterocycles. The van der Waals surface area contributed by atoms with Gasteiger partial charge in [0.2, 0.25) is 0 Å². The fraction of sp³-hybridized carbons (Fsp3) is 0.455. The molecule has 118 valence electrons. The lowest BCUT2D eigenvalue weighted by Gasteiger charge is -2.57. The van der Waals surface area contributed by atoms with Gasteiger partial charge in [-0.1, -0.05) is 70.5 Å². The van der Waals surface area contributed by atoms with Gasteiger partial charge >= 0.3 is 0 Å². The Bertz CT molecular complexity index is 690. The molecule has 1 heteroatoms. The van der Waals surface area contributed by atoms with Crippen LogP contribution in [0.1, 0.15) is 37.2 Å². The fourth-order valence-corrected chi connectivity index (χ4v) is 6.86. The van der Waals surface area contributed by atoms with Gasteiger partial charge in [-0.25, -0.2) is 0 Å². The van der Waals surface area contributed by atoms with Crippen molar-refractivity contribution in [3.05, 3.63) is 60.2 Å². The van der Waals surface area contributed by atoms with Crippen LogP contribution < -0.4 is 0 Å². The average Bonchev–Trinajstić information content (AvgIpc) is 2.60. The van der Waals surface area contributed by atoms with Gasteiger partial charge in [0, 0.05) is 4.83 Å². The van der Waals surface area contributed by atoms with Crippen molar-refractivity contribution in [2.45, 2.75) is 36.4 Å². The second-order valence-electron chi connectivity index (χ2n) is 7.95. The van der Waals surface area contributed by atoms with E-state index >= 15 is 0 Å². The molecule has 0 aliphatic heterocycles. The zero-order chi connectivity index (χ0) is 15.4. The summed E-state index contributed by atoms with van der Waals surface area (Å²) in [5.74, 6) is 4.58.